The summed E-state index contributed by atoms with van der Waals surface area (Å²) in [7, 11) is 2.91. The van der Waals surface area contributed by atoms with Crippen molar-refractivity contribution in [3.8, 4) is 0 Å². The largest absolute Gasteiger partial charge is 0.349 e. The van der Waals surface area contributed by atoms with Crippen molar-refractivity contribution >= 4 is 0 Å². The SMILES string of the molecule is CO[C@@]1(C)O[C@@H](CN=[N+]=[N-])[C@H](CN=[N+]=[N-])O[C@]1(C)OC. The van der Waals surface area contributed by atoms with Gasteiger partial charge in [0.15, 0.2) is 0 Å². The lowest BCUT2D eigenvalue weighted by atomic mass is 10.0. The van der Waals surface area contributed by atoms with Crippen molar-refractivity contribution in [3.05, 3.63) is 20.9 Å². The van der Waals surface area contributed by atoms with Gasteiger partial charge in [-0.25, -0.2) is 0 Å². The van der Waals surface area contributed by atoms with E-state index in [4.69, 9.17) is 30.0 Å². The van der Waals surface area contributed by atoms with Gasteiger partial charge in [0, 0.05) is 24.0 Å². The van der Waals surface area contributed by atoms with Gasteiger partial charge in [0.2, 0.25) is 11.6 Å². The summed E-state index contributed by atoms with van der Waals surface area (Å²) >= 11 is 0. The van der Waals surface area contributed by atoms with E-state index in [9.17, 15) is 0 Å². The van der Waals surface area contributed by atoms with Gasteiger partial charge in [0.25, 0.3) is 0 Å². The van der Waals surface area contributed by atoms with Gasteiger partial charge in [-0.05, 0) is 24.9 Å². The molecule has 0 saturated carbocycles. The molecule has 0 spiro atoms. The zero-order chi connectivity index (χ0) is 15.2. The Morgan fingerprint density at radius 1 is 0.950 bits per heavy atom. The minimum atomic E-state index is -1.19. The summed E-state index contributed by atoms with van der Waals surface area (Å²) in [6.07, 6.45) is -1.21. The highest BCUT2D eigenvalue weighted by molar-refractivity contribution is 4.92. The van der Waals surface area contributed by atoms with Crippen LogP contribution in [0.3, 0.4) is 0 Å². The van der Waals surface area contributed by atoms with Crippen LogP contribution < -0.4 is 0 Å². The fraction of sp³-hybridized carbons (Fsp3) is 1.00. The quantitative estimate of drug-likeness (QED) is 0.419. The number of ether oxygens (including phenoxy) is 4. The molecular formula is C10H18N6O4. The molecule has 1 saturated heterocycles. The van der Waals surface area contributed by atoms with Gasteiger partial charge in [-0.3, -0.25) is 0 Å². The van der Waals surface area contributed by atoms with E-state index in [1.807, 2.05) is 0 Å². The summed E-state index contributed by atoms with van der Waals surface area (Å²) in [6.45, 7) is 3.37. The van der Waals surface area contributed by atoms with Gasteiger partial charge < -0.3 is 18.9 Å². The van der Waals surface area contributed by atoms with Crippen molar-refractivity contribution in [2.75, 3.05) is 27.3 Å². The molecule has 1 rings (SSSR count). The number of nitrogens with zero attached hydrogens (tertiary/aromatic N) is 6. The van der Waals surface area contributed by atoms with Crippen LogP contribution in [0, 0.1) is 0 Å². The lowest BCUT2D eigenvalue weighted by Crippen LogP contribution is -2.66. The molecule has 0 N–H and O–H groups in total. The van der Waals surface area contributed by atoms with E-state index >= 15 is 0 Å². The first kappa shape index (κ1) is 16.5. The number of rotatable bonds is 6. The summed E-state index contributed by atoms with van der Waals surface area (Å²) in [5.74, 6) is -2.38. The molecule has 10 heteroatoms. The van der Waals surface area contributed by atoms with Crippen LogP contribution in [-0.4, -0.2) is 51.1 Å². The monoisotopic (exact) mass is 286 g/mol. The van der Waals surface area contributed by atoms with E-state index < -0.39 is 23.8 Å². The number of methoxy groups -OCH3 is 2. The number of azide groups is 2. The lowest BCUT2D eigenvalue weighted by Gasteiger charge is -2.51. The predicted octanol–water partition coefficient (Wildman–Crippen LogP) is 2.12. The van der Waals surface area contributed by atoms with E-state index in [-0.39, 0.29) is 13.1 Å². The summed E-state index contributed by atoms with van der Waals surface area (Å²) in [5, 5.41) is 6.94. The van der Waals surface area contributed by atoms with Crippen LogP contribution in [0.5, 0.6) is 0 Å². The van der Waals surface area contributed by atoms with Gasteiger partial charge in [0.1, 0.15) is 0 Å². The van der Waals surface area contributed by atoms with Gasteiger partial charge in [-0.2, -0.15) is 0 Å². The van der Waals surface area contributed by atoms with E-state index in [1.165, 1.54) is 14.2 Å². The molecule has 4 atom stereocenters. The van der Waals surface area contributed by atoms with Gasteiger partial charge >= 0.3 is 0 Å². The summed E-state index contributed by atoms with van der Waals surface area (Å²) in [4.78, 5) is 5.38. The molecule has 0 radical (unpaired) electrons. The Morgan fingerprint density at radius 2 is 1.30 bits per heavy atom. The van der Waals surface area contributed by atoms with Gasteiger partial charge in [-0.1, -0.05) is 10.2 Å². The minimum Gasteiger partial charge on any atom is -0.349 e. The predicted molar refractivity (Wildman–Crippen MR) is 68.6 cm³/mol. The summed E-state index contributed by atoms with van der Waals surface area (Å²) < 4.78 is 22.3. The molecule has 1 fully saturated rings. The second kappa shape index (κ2) is 6.76. The highest BCUT2D eigenvalue weighted by atomic mass is 16.8. The molecular weight excluding hydrogens is 268 g/mol. The Hall–Kier alpha value is -1.54. The molecule has 0 bridgehead atoms. The molecule has 10 nitrogen and oxygen atoms in total. The molecule has 0 amide bonds. The number of hydrogen-bond acceptors (Lipinski definition) is 6. The Morgan fingerprint density at radius 3 is 1.55 bits per heavy atom. The highest BCUT2D eigenvalue weighted by Crippen LogP contribution is 2.39. The minimum absolute atomic E-state index is 0.0286. The average Bonchev–Trinajstić information content (AvgIpc) is 2.46. The maximum atomic E-state index is 8.42. The molecule has 1 aliphatic rings. The maximum absolute atomic E-state index is 8.42. The normalized spacial score (nSPS) is 36.8. The fourth-order valence-electron chi connectivity index (χ4n) is 1.95. The Bertz CT molecular complexity index is 395. The van der Waals surface area contributed by atoms with Crippen molar-refractivity contribution in [3.63, 3.8) is 0 Å². The topological polar surface area (TPSA) is 134 Å². The number of hydrogen-bond donors (Lipinski definition) is 0. The van der Waals surface area contributed by atoms with Crippen molar-refractivity contribution in [2.24, 2.45) is 10.2 Å². The molecule has 1 aliphatic heterocycles. The van der Waals surface area contributed by atoms with E-state index in [0.717, 1.165) is 0 Å². The first-order chi connectivity index (χ1) is 9.46. The first-order valence-corrected chi connectivity index (χ1v) is 5.94. The van der Waals surface area contributed by atoms with Crippen LogP contribution >= 0.6 is 0 Å². The van der Waals surface area contributed by atoms with Crippen LogP contribution in [0.4, 0.5) is 0 Å². The fourth-order valence-corrected chi connectivity index (χ4v) is 1.95. The van der Waals surface area contributed by atoms with Gasteiger partial charge in [0.05, 0.1) is 25.3 Å². The van der Waals surface area contributed by atoms with E-state index in [2.05, 4.69) is 20.1 Å². The molecule has 0 aliphatic carbocycles. The Labute approximate surface area is 116 Å². The second-order valence-electron chi connectivity index (χ2n) is 4.44. The zero-order valence-corrected chi connectivity index (χ0v) is 11.9. The molecule has 0 aromatic carbocycles. The van der Waals surface area contributed by atoms with Crippen LogP contribution in [-0.2, 0) is 18.9 Å². The van der Waals surface area contributed by atoms with Gasteiger partial charge in [-0.15, -0.1) is 0 Å². The average molecular weight is 286 g/mol. The standard InChI is InChI=1S/C10H18N6O4/c1-9(17-3)10(2,18-4)20-8(6-14-16-12)7(19-9)5-13-15-11/h7-8H,5-6H2,1-4H3/t7-,8-,9-,10-/m0/s1. The van der Waals surface area contributed by atoms with E-state index in [1.54, 1.807) is 13.8 Å². The van der Waals surface area contributed by atoms with Crippen LogP contribution in [0.2, 0.25) is 0 Å². The van der Waals surface area contributed by atoms with Crippen molar-refractivity contribution in [1.82, 2.24) is 0 Å². The molecule has 1 heterocycles. The third-order valence-electron chi connectivity index (χ3n) is 3.42. The zero-order valence-electron chi connectivity index (χ0n) is 11.9. The Kier molecular flexibility index (Phi) is 5.58. The van der Waals surface area contributed by atoms with Crippen LogP contribution in [0.25, 0.3) is 20.9 Å². The Balaban J connectivity index is 3.03. The second-order valence-corrected chi connectivity index (χ2v) is 4.44. The van der Waals surface area contributed by atoms with Crippen molar-refractivity contribution in [2.45, 2.75) is 37.6 Å². The van der Waals surface area contributed by atoms with Crippen LogP contribution in [0.15, 0.2) is 10.2 Å². The first-order valence-electron chi connectivity index (χ1n) is 5.94. The van der Waals surface area contributed by atoms with Crippen LogP contribution in [0.1, 0.15) is 13.8 Å². The maximum Gasteiger partial charge on any atom is 0.220 e. The third kappa shape index (κ3) is 3.13. The van der Waals surface area contributed by atoms with Crippen molar-refractivity contribution < 1.29 is 18.9 Å². The van der Waals surface area contributed by atoms with E-state index in [0.29, 0.717) is 0 Å². The molecule has 20 heavy (non-hydrogen) atoms. The van der Waals surface area contributed by atoms with Crippen molar-refractivity contribution in [1.29, 1.82) is 0 Å². The third-order valence-corrected chi connectivity index (χ3v) is 3.42. The molecule has 112 valence electrons. The smallest absolute Gasteiger partial charge is 0.220 e. The highest BCUT2D eigenvalue weighted by Gasteiger charge is 2.56. The summed E-state index contributed by atoms with van der Waals surface area (Å²) in [6, 6.07) is 0. The summed E-state index contributed by atoms with van der Waals surface area (Å²) in [5.41, 5.74) is 16.8. The molecule has 0 unspecified atom stereocenters. The lowest BCUT2D eigenvalue weighted by molar-refractivity contribution is -0.445. The molecule has 0 aromatic rings. The molecule has 0 aromatic heterocycles.